The average Bonchev–Trinajstić information content (AvgIpc) is 2.27. The van der Waals surface area contributed by atoms with Crippen molar-refractivity contribution >= 4 is 0 Å². The standard InChI is InChI=1S/C15H23NO2/c1-10(8-11(2)17)16-15-5-3-4-12-9-13(18)6-7-14(12)15/h6-7,9-11,15-18H,3-5,8H2,1-2H3. The minimum atomic E-state index is -0.268. The summed E-state index contributed by atoms with van der Waals surface area (Å²) in [5.41, 5.74) is 2.56. The van der Waals surface area contributed by atoms with Gasteiger partial charge < -0.3 is 15.5 Å². The van der Waals surface area contributed by atoms with Gasteiger partial charge in [-0.1, -0.05) is 6.07 Å². The van der Waals surface area contributed by atoms with Crippen molar-refractivity contribution in [2.75, 3.05) is 0 Å². The molecule has 1 aromatic carbocycles. The zero-order chi connectivity index (χ0) is 13.1. The number of aryl methyl sites for hydroxylation is 1. The minimum absolute atomic E-state index is 0.268. The van der Waals surface area contributed by atoms with E-state index in [1.54, 1.807) is 6.07 Å². The van der Waals surface area contributed by atoms with Crippen LogP contribution in [0.3, 0.4) is 0 Å². The van der Waals surface area contributed by atoms with Crippen LogP contribution < -0.4 is 5.32 Å². The SMILES string of the molecule is CC(O)CC(C)NC1CCCc2cc(O)ccc21. The zero-order valence-electron chi connectivity index (χ0n) is 11.2. The van der Waals surface area contributed by atoms with E-state index in [-0.39, 0.29) is 6.10 Å². The van der Waals surface area contributed by atoms with Gasteiger partial charge in [-0.3, -0.25) is 0 Å². The van der Waals surface area contributed by atoms with Crippen molar-refractivity contribution in [1.82, 2.24) is 5.32 Å². The van der Waals surface area contributed by atoms with Crippen LogP contribution in [0.2, 0.25) is 0 Å². The lowest BCUT2D eigenvalue weighted by Crippen LogP contribution is -2.34. The Morgan fingerprint density at radius 3 is 2.89 bits per heavy atom. The van der Waals surface area contributed by atoms with E-state index in [0.29, 0.717) is 17.8 Å². The molecule has 0 radical (unpaired) electrons. The molecule has 3 heteroatoms. The molecule has 3 N–H and O–H groups in total. The number of hydrogen-bond acceptors (Lipinski definition) is 3. The van der Waals surface area contributed by atoms with Crippen molar-refractivity contribution in [2.45, 2.75) is 57.7 Å². The van der Waals surface area contributed by atoms with Crippen LogP contribution >= 0.6 is 0 Å². The number of aliphatic hydroxyl groups excluding tert-OH is 1. The number of aromatic hydroxyl groups is 1. The number of rotatable bonds is 4. The summed E-state index contributed by atoms with van der Waals surface area (Å²) in [6, 6.07) is 6.31. The first-order valence-corrected chi connectivity index (χ1v) is 6.82. The number of nitrogens with one attached hydrogen (secondary N) is 1. The van der Waals surface area contributed by atoms with Gasteiger partial charge in [-0.05, 0) is 62.8 Å². The molecule has 0 spiro atoms. The fourth-order valence-electron chi connectivity index (χ4n) is 2.90. The Kier molecular flexibility index (Phi) is 4.25. The van der Waals surface area contributed by atoms with Crippen molar-refractivity contribution in [3.05, 3.63) is 29.3 Å². The maximum Gasteiger partial charge on any atom is 0.115 e. The topological polar surface area (TPSA) is 52.5 Å². The van der Waals surface area contributed by atoms with Gasteiger partial charge in [-0.25, -0.2) is 0 Å². The number of phenols is 1. The van der Waals surface area contributed by atoms with E-state index in [2.05, 4.69) is 12.2 Å². The van der Waals surface area contributed by atoms with Gasteiger partial charge in [0.25, 0.3) is 0 Å². The lowest BCUT2D eigenvalue weighted by Gasteiger charge is -2.29. The Bertz CT molecular complexity index is 403. The van der Waals surface area contributed by atoms with Crippen LogP contribution in [0.25, 0.3) is 0 Å². The van der Waals surface area contributed by atoms with Crippen LogP contribution in [-0.4, -0.2) is 22.4 Å². The molecule has 1 aromatic rings. The number of benzene rings is 1. The fraction of sp³-hybridized carbons (Fsp3) is 0.600. The van der Waals surface area contributed by atoms with Crippen molar-refractivity contribution in [3.63, 3.8) is 0 Å². The zero-order valence-corrected chi connectivity index (χ0v) is 11.2. The lowest BCUT2D eigenvalue weighted by atomic mass is 9.87. The maximum absolute atomic E-state index is 9.52. The maximum atomic E-state index is 9.52. The Balaban J connectivity index is 2.08. The Morgan fingerprint density at radius 1 is 1.39 bits per heavy atom. The Hall–Kier alpha value is -1.06. The molecule has 0 amide bonds. The van der Waals surface area contributed by atoms with Gasteiger partial charge in [-0.2, -0.15) is 0 Å². The van der Waals surface area contributed by atoms with Crippen molar-refractivity contribution < 1.29 is 10.2 Å². The first-order chi connectivity index (χ1) is 8.56. The second kappa shape index (κ2) is 5.72. The molecule has 0 heterocycles. The molecular formula is C15H23NO2. The fourth-order valence-corrected chi connectivity index (χ4v) is 2.90. The largest absolute Gasteiger partial charge is 0.508 e. The molecule has 0 aliphatic heterocycles. The first kappa shape index (κ1) is 13.4. The first-order valence-electron chi connectivity index (χ1n) is 6.82. The molecule has 0 fully saturated rings. The van der Waals surface area contributed by atoms with Crippen LogP contribution in [-0.2, 0) is 6.42 Å². The van der Waals surface area contributed by atoms with E-state index >= 15 is 0 Å². The van der Waals surface area contributed by atoms with Gasteiger partial charge in [0.05, 0.1) is 6.10 Å². The molecule has 0 bridgehead atoms. The molecule has 1 aliphatic rings. The quantitative estimate of drug-likeness (QED) is 0.768. The summed E-state index contributed by atoms with van der Waals surface area (Å²) >= 11 is 0. The number of aliphatic hydroxyl groups is 1. The number of fused-ring (bicyclic) bond motifs is 1. The van der Waals surface area contributed by atoms with Gasteiger partial charge in [0.15, 0.2) is 0 Å². The van der Waals surface area contributed by atoms with E-state index in [1.807, 2.05) is 19.1 Å². The van der Waals surface area contributed by atoms with Crippen LogP contribution in [0.1, 0.15) is 50.3 Å². The molecule has 18 heavy (non-hydrogen) atoms. The van der Waals surface area contributed by atoms with E-state index in [0.717, 1.165) is 25.7 Å². The summed E-state index contributed by atoms with van der Waals surface area (Å²) in [4.78, 5) is 0. The summed E-state index contributed by atoms with van der Waals surface area (Å²) in [6.07, 6.45) is 3.82. The summed E-state index contributed by atoms with van der Waals surface area (Å²) in [7, 11) is 0. The number of hydrogen-bond donors (Lipinski definition) is 3. The lowest BCUT2D eigenvalue weighted by molar-refractivity contribution is 0.167. The molecule has 3 unspecified atom stereocenters. The van der Waals surface area contributed by atoms with Crippen LogP contribution in [0.5, 0.6) is 5.75 Å². The van der Waals surface area contributed by atoms with Gasteiger partial charge >= 0.3 is 0 Å². The van der Waals surface area contributed by atoms with Crippen LogP contribution in [0.4, 0.5) is 0 Å². The van der Waals surface area contributed by atoms with Crippen molar-refractivity contribution in [1.29, 1.82) is 0 Å². The second-order valence-corrected chi connectivity index (χ2v) is 5.48. The summed E-state index contributed by atoms with van der Waals surface area (Å²) in [5.74, 6) is 0.353. The highest BCUT2D eigenvalue weighted by molar-refractivity contribution is 5.38. The third-order valence-corrected chi connectivity index (χ3v) is 3.62. The second-order valence-electron chi connectivity index (χ2n) is 5.48. The molecule has 100 valence electrons. The summed E-state index contributed by atoms with van der Waals surface area (Å²) in [6.45, 7) is 3.94. The highest BCUT2D eigenvalue weighted by Gasteiger charge is 2.22. The van der Waals surface area contributed by atoms with Gasteiger partial charge in [0.1, 0.15) is 5.75 Å². The number of phenolic OH excluding ortho intramolecular Hbond substituents is 1. The van der Waals surface area contributed by atoms with E-state index in [4.69, 9.17) is 0 Å². The van der Waals surface area contributed by atoms with E-state index in [1.165, 1.54) is 11.1 Å². The van der Waals surface area contributed by atoms with Crippen LogP contribution in [0.15, 0.2) is 18.2 Å². The molecule has 0 saturated heterocycles. The molecular weight excluding hydrogens is 226 g/mol. The summed E-state index contributed by atoms with van der Waals surface area (Å²) < 4.78 is 0. The molecule has 3 atom stereocenters. The smallest absolute Gasteiger partial charge is 0.115 e. The Morgan fingerprint density at radius 2 is 2.17 bits per heavy atom. The third kappa shape index (κ3) is 3.24. The minimum Gasteiger partial charge on any atom is -0.508 e. The highest BCUT2D eigenvalue weighted by Crippen LogP contribution is 2.32. The molecule has 1 aliphatic carbocycles. The monoisotopic (exact) mass is 249 g/mol. The molecule has 3 nitrogen and oxygen atoms in total. The summed E-state index contributed by atoms with van der Waals surface area (Å²) in [5, 5.41) is 22.5. The normalized spacial score (nSPS) is 22.3. The predicted molar refractivity (Wildman–Crippen MR) is 72.7 cm³/mol. The van der Waals surface area contributed by atoms with Gasteiger partial charge in [0.2, 0.25) is 0 Å². The van der Waals surface area contributed by atoms with E-state index < -0.39 is 0 Å². The van der Waals surface area contributed by atoms with Gasteiger partial charge in [-0.15, -0.1) is 0 Å². The highest BCUT2D eigenvalue weighted by atomic mass is 16.3. The third-order valence-electron chi connectivity index (χ3n) is 3.62. The molecule has 2 rings (SSSR count). The Labute approximate surface area is 109 Å². The van der Waals surface area contributed by atoms with Gasteiger partial charge in [0, 0.05) is 12.1 Å². The average molecular weight is 249 g/mol. The van der Waals surface area contributed by atoms with Crippen LogP contribution in [0, 0.1) is 0 Å². The molecule has 0 saturated carbocycles. The van der Waals surface area contributed by atoms with E-state index in [9.17, 15) is 10.2 Å². The molecule has 0 aromatic heterocycles. The van der Waals surface area contributed by atoms with Crippen molar-refractivity contribution in [2.24, 2.45) is 0 Å². The predicted octanol–water partition coefficient (Wildman–Crippen LogP) is 2.52. The van der Waals surface area contributed by atoms with Crippen molar-refractivity contribution in [3.8, 4) is 5.75 Å².